The first-order valence-electron chi connectivity index (χ1n) is 5.24. The van der Waals surface area contributed by atoms with Crippen molar-refractivity contribution in [1.82, 2.24) is 0 Å². The first-order valence-corrected chi connectivity index (χ1v) is 5.24. The molecule has 0 N–H and O–H groups in total. The van der Waals surface area contributed by atoms with Gasteiger partial charge in [0, 0.05) is 17.9 Å². The van der Waals surface area contributed by atoms with Gasteiger partial charge in [-0.1, -0.05) is 6.58 Å². The lowest BCUT2D eigenvalue weighted by molar-refractivity contribution is -0.157. The summed E-state index contributed by atoms with van der Waals surface area (Å²) in [5, 5.41) is 0. The van der Waals surface area contributed by atoms with E-state index < -0.39 is 5.97 Å². The van der Waals surface area contributed by atoms with Crippen molar-refractivity contribution in [3.8, 4) is 0 Å². The molecule has 15 heavy (non-hydrogen) atoms. The van der Waals surface area contributed by atoms with Crippen LogP contribution >= 0.6 is 0 Å². The number of rotatable bonds is 2. The second-order valence-electron chi connectivity index (χ2n) is 4.51. The Hall–Kier alpha value is -1.32. The van der Waals surface area contributed by atoms with E-state index in [1.807, 2.05) is 0 Å². The molecule has 3 aliphatic rings. The van der Waals surface area contributed by atoms with Crippen LogP contribution in [0.5, 0.6) is 0 Å². The highest BCUT2D eigenvalue weighted by atomic mass is 16.6. The van der Waals surface area contributed by atoms with E-state index in [0.717, 1.165) is 18.9 Å². The fourth-order valence-electron chi connectivity index (χ4n) is 3.25. The Bertz CT molecular complexity index is 348. The molecule has 1 aliphatic heterocycles. The highest BCUT2D eigenvalue weighted by Crippen LogP contribution is 2.55. The molecule has 3 fully saturated rings. The molecule has 1 saturated heterocycles. The minimum absolute atomic E-state index is 0.0682. The fraction of sp³-hybridized carbons (Fsp3) is 0.636. The molecular weight excluding hydrogens is 196 g/mol. The molecule has 3 rings (SSSR count). The van der Waals surface area contributed by atoms with Crippen LogP contribution in [0.25, 0.3) is 0 Å². The molecule has 0 aromatic heterocycles. The summed E-state index contributed by atoms with van der Waals surface area (Å²) in [6.45, 7) is 3.36. The number of hydrogen-bond donors (Lipinski definition) is 0. The van der Waals surface area contributed by atoms with Crippen molar-refractivity contribution >= 4 is 11.9 Å². The molecule has 0 radical (unpaired) electrons. The molecular formula is C11H12O4. The van der Waals surface area contributed by atoms with Crippen molar-refractivity contribution in [1.29, 1.82) is 0 Å². The molecule has 80 valence electrons. The predicted octanol–water partition coefficient (Wildman–Crippen LogP) is 0.666. The van der Waals surface area contributed by atoms with Crippen LogP contribution in [-0.4, -0.2) is 24.1 Å². The first-order chi connectivity index (χ1) is 7.20. The van der Waals surface area contributed by atoms with Gasteiger partial charge in [-0.25, -0.2) is 4.79 Å². The van der Waals surface area contributed by atoms with Gasteiger partial charge in [0.2, 0.25) is 0 Å². The normalized spacial score (nSPS) is 45.3. The first kappa shape index (κ1) is 8.95. The average molecular weight is 208 g/mol. The van der Waals surface area contributed by atoms with E-state index in [0.29, 0.717) is 5.92 Å². The highest BCUT2D eigenvalue weighted by Gasteiger charge is 2.63. The van der Waals surface area contributed by atoms with Crippen LogP contribution in [0.2, 0.25) is 0 Å². The maximum absolute atomic E-state index is 11.4. The van der Waals surface area contributed by atoms with Crippen LogP contribution in [0.4, 0.5) is 0 Å². The third-order valence-electron chi connectivity index (χ3n) is 3.83. The zero-order chi connectivity index (χ0) is 10.6. The molecule has 1 heterocycles. The predicted molar refractivity (Wildman–Crippen MR) is 49.7 cm³/mol. The van der Waals surface area contributed by atoms with Gasteiger partial charge in [0.25, 0.3) is 0 Å². The van der Waals surface area contributed by atoms with Crippen LogP contribution in [0.15, 0.2) is 12.7 Å². The van der Waals surface area contributed by atoms with Gasteiger partial charge in [-0.05, 0) is 12.8 Å². The summed E-state index contributed by atoms with van der Waals surface area (Å²) in [6.07, 6.45) is 2.50. The Morgan fingerprint density at radius 3 is 3.07 bits per heavy atom. The number of carbonyl (C=O) groups excluding carboxylic acids is 2. The Balaban J connectivity index is 1.80. The molecule has 2 saturated carbocycles. The molecule has 5 atom stereocenters. The van der Waals surface area contributed by atoms with Crippen molar-refractivity contribution in [3.63, 3.8) is 0 Å². The summed E-state index contributed by atoms with van der Waals surface area (Å²) in [4.78, 5) is 22.5. The van der Waals surface area contributed by atoms with Gasteiger partial charge < -0.3 is 9.47 Å². The van der Waals surface area contributed by atoms with E-state index in [1.165, 1.54) is 0 Å². The number of esters is 2. The third kappa shape index (κ3) is 1.07. The van der Waals surface area contributed by atoms with Gasteiger partial charge in [-0.3, -0.25) is 4.79 Å². The number of fused-ring (bicyclic) bond motifs is 1. The van der Waals surface area contributed by atoms with Gasteiger partial charge in [-0.2, -0.15) is 0 Å². The summed E-state index contributed by atoms with van der Waals surface area (Å²) in [5.41, 5.74) is 0. The van der Waals surface area contributed by atoms with E-state index in [4.69, 9.17) is 9.47 Å². The standard InChI is InChI=1S/C11H12O4/c1-2-8(12)14-9-5-3-6-7(4-5)11(13)15-10(6)9/h2,5-7,9-10H,1,3-4H2/t5-,6?,7+,9?,10?/m0/s1. The Morgan fingerprint density at radius 2 is 2.33 bits per heavy atom. The molecule has 0 aromatic carbocycles. The number of ether oxygens (including phenoxy) is 2. The lowest BCUT2D eigenvalue weighted by Gasteiger charge is -2.24. The lowest BCUT2D eigenvalue weighted by atomic mass is 9.88. The van der Waals surface area contributed by atoms with Crippen molar-refractivity contribution in [2.75, 3.05) is 0 Å². The summed E-state index contributed by atoms with van der Waals surface area (Å²) in [6, 6.07) is 0. The smallest absolute Gasteiger partial charge is 0.330 e. The van der Waals surface area contributed by atoms with Crippen molar-refractivity contribution in [2.45, 2.75) is 25.0 Å². The maximum Gasteiger partial charge on any atom is 0.330 e. The summed E-state index contributed by atoms with van der Waals surface area (Å²) < 4.78 is 10.5. The minimum Gasteiger partial charge on any atom is -0.458 e. The topological polar surface area (TPSA) is 52.6 Å². The zero-order valence-corrected chi connectivity index (χ0v) is 8.22. The summed E-state index contributed by atoms with van der Waals surface area (Å²) in [5.74, 6) is 0.126. The number of carbonyl (C=O) groups is 2. The van der Waals surface area contributed by atoms with Crippen molar-refractivity contribution in [2.24, 2.45) is 17.8 Å². The van der Waals surface area contributed by atoms with Crippen LogP contribution in [0.3, 0.4) is 0 Å². The second-order valence-corrected chi connectivity index (χ2v) is 4.51. The SMILES string of the molecule is C=CC(=O)OC1C2OC(=O)[C@@H]3C[C@@H]1CC23. The van der Waals surface area contributed by atoms with Crippen LogP contribution < -0.4 is 0 Å². The van der Waals surface area contributed by atoms with Crippen LogP contribution in [0, 0.1) is 17.8 Å². The van der Waals surface area contributed by atoms with Gasteiger partial charge in [0.05, 0.1) is 5.92 Å². The minimum atomic E-state index is -0.424. The van der Waals surface area contributed by atoms with Gasteiger partial charge in [0.1, 0.15) is 12.2 Å². The van der Waals surface area contributed by atoms with E-state index in [1.54, 1.807) is 0 Å². The summed E-state index contributed by atoms with van der Waals surface area (Å²) >= 11 is 0. The van der Waals surface area contributed by atoms with E-state index in [-0.39, 0.29) is 30.0 Å². The van der Waals surface area contributed by atoms with Crippen molar-refractivity contribution in [3.05, 3.63) is 12.7 Å². The third-order valence-corrected chi connectivity index (χ3v) is 3.83. The highest BCUT2D eigenvalue weighted by molar-refractivity contribution is 5.82. The van der Waals surface area contributed by atoms with Gasteiger partial charge in [0.15, 0.2) is 0 Å². The Labute approximate surface area is 87.2 Å². The largest absolute Gasteiger partial charge is 0.458 e. The van der Waals surface area contributed by atoms with E-state index >= 15 is 0 Å². The van der Waals surface area contributed by atoms with Gasteiger partial charge in [-0.15, -0.1) is 0 Å². The molecule has 4 nitrogen and oxygen atoms in total. The Morgan fingerprint density at radius 1 is 1.53 bits per heavy atom. The van der Waals surface area contributed by atoms with E-state index in [9.17, 15) is 9.59 Å². The van der Waals surface area contributed by atoms with Gasteiger partial charge >= 0.3 is 11.9 Å². The molecule has 0 spiro atoms. The summed E-state index contributed by atoms with van der Waals surface area (Å²) in [7, 11) is 0. The second kappa shape index (κ2) is 2.84. The lowest BCUT2D eigenvalue weighted by Crippen LogP contribution is -2.35. The molecule has 0 amide bonds. The van der Waals surface area contributed by atoms with Crippen LogP contribution in [0.1, 0.15) is 12.8 Å². The quantitative estimate of drug-likeness (QED) is 0.494. The molecule has 3 unspecified atom stereocenters. The molecule has 2 aliphatic carbocycles. The van der Waals surface area contributed by atoms with Crippen molar-refractivity contribution < 1.29 is 19.1 Å². The van der Waals surface area contributed by atoms with E-state index in [2.05, 4.69) is 6.58 Å². The average Bonchev–Trinajstić information content (AvgIpc) is 2.81. The monoisotopic (exact) mass is 208 g/mol. The number of hydrogen-bond acceptors (Lipinski definition) is 4. The fourth-order valence-corrected chi connectivity index (χ4v) is 3.25. The Kier molecular flexibility index (Phi) is 1.69. The molecule has 4 heteroatoms. The maximum atomic E-state index is 11.4. The molecule has 2 bridgehead atoms. The molecule has 0 aromatic rings. The zero-order valence-electron chi connectivity index (χ0n) is 8.22. The van der Waals surface area contributed by atoms with Crippen LogP contribution in [-0.2, 0) is 19.1 Å².